The maximum absolute atomic E-state index is 12.0. The Kier molecular flexibility index (Phi) is 5.96. The number of carbonyl (C=O) groups is 1. The highest BCUT2D eigenvalue weighted by Crippen LogP contribution is 2.40. The molecule has 2 atom stereocenters. The van der Waals surface area contributed by atoms with Crippen LogP contribution in [0.5, 0.6) is 11.5 Å². The summed E-state index contributed by atoms with van der Waals surface area (Å²) >= 11 is 0. The molecule has 1 aliphatic heterocycles. The lowest BCUT2D eigenvalue weighted by Crippen LogP contribution is -2.47. The summed E-state index contributed by atoms with van der Waals surface area (Å²) in [5.74, 6) is 0.610. The molecule has 1 aliphatic rings. The van der Waals surface area contributed by atoms with Crippen molar-refractivity contribution >= 4 is 5.97 Å². The highest BCUT2D eigenvalue weighted by atomic mass is 16.5. The van der Waals surface area contributed by atoms with Gasteiger partial charge in [-0.2, -0.15) is 0 Å². The second kappa shape index (κ2) is 8.39. The number of nitrogens with zero attached hydrogens (tertiary/aromatic N) is 2. The third-order valence-electron chi connectivity index (χ3n) is 5.25. The third-order valence-corrected chi connectivity index (χ3v) is 5.25. The van der Waals surface area contributed by atoms with Crippen molar-refractivity contribution in [3.05, 3.63) is 53.3 Å². The number of carboxylic acids is 1. The predicted molar refractivity (Wildman–Crippen MR) is 102 cm³/mol. The molecular weight excluding hydrogens is 344 g/mol. The monoisotopic (exact) mass is 370 g/mol. The minimum absolute atomic E-state index is 0.227. The molecule has 1 fully saturated rings. The number of piperidine rings is 1. The van der Waals surface area contributed by atoms with Gasteiger partial charge in [-0.25, -0.2) is 0 Å². The molecule has 2 heterocycles. The molecule has 3 rings (SSSR count). The molecule has 0 bridgehead atoms. The van der Waals surface area contributed by atoms with Crippen LogP contribution in [0.25, 0.3) is 0 Å². The number of hydrogen-bond donors (Lipinski definition) is 1. The topological polar surface area (TPSA) is 71.9 Å². The summed E-state index contributed by atoms with van der Waals surface area (Å²) < 4.78 is 11.0. The summed E-state index contributed by atoms with van der Waals surface area (Å²) in [4.78, 5) is 18.3. The number of hydrogen-bond acceptors (Lipinski definition) is 5. The molecule has 0 saturated carbocycles. The smallest absolute Gasteiger partial charge is 0.320 e. The average molecular weight is 370 g/mol. The van der Waals surface area contributed by atoms with E-state index >= 15 is 0 Å². The van der Waals surface area contributed by atoms with E-state index in [1.165, 1.54) is 0 Å². The van der Waals surface area contributed by atoms with Crippen LogP contribution < -0.4 is 9.47 Å². The number of benzene rings is 1. The molecule has 0 spiro atoms. The van der Waals surface area contributed by atoms with Crippen molar-refractivity contribution in [2.45, 2.75) is 38.3 Å². The van der Waals surface area contributed by atoms with Crippen molar-refractivity contribution in [3.63, 3.8) is 0 Å². The molecule has 1 aromatic heterocycles. The van der Waals surface area contributed by atoms with Gasteiger partial charge in [-0.1, -0.05) is 6.42 Å². The maximum Gasteiger partial charge on any atom is 0.320 e. The Balaban J connectivity index is 2.17. The van der Waals surface area contributed by atoms with Gasteiger partial charge in [0.25, 0.3) is 0 Å². The van der Waals surface area contributed by atoms with E-state index in [1.807, 2.05) is 37.4 Å². The summed E-state index contributed by atoms with van der Waals surface area (Å²) in [6.45, 7) is 2.73. The molecule has 0 aliphatic carbocycles. The number of aromatic nitrogens is 1. The lowest BCUT2D eigenvalue weighted by atomic mass is 9.89. The van der Waals surface area contributed by atoms with Crippen LogP contribution in [0.2, 0.25) is 0 Å². The van der Waals surface area contributed by atoms with Gasteiger partial charge >= 0.3 is 5.97 Å². The predicted octanol–water partition coefficient (Wildman–Crippen LogP) is 3.44. The average Bonchev–Trinajstić information content (AvgIpc) is 2.70. The molecule has 2 aromatic rings. The third kappa shape index (κ3) is 3.90. The van der Waals surface area contributed by atoms with Crippen LogP contribution >= 0.6 is 0 Å². The fourth-order valence-corrected chi connectivity index (χ4v) is 3.89. The minimum Gasteiger partial charge on any atom is -0.497 e. The minimum atomic E-state index is -0.779. The van der Waals surface area contributed by atoms with Crippen molar-refractivity contribution in [1.82, 2.24) is 9.88 Å². The first-order chi connectivity index (χ1) is 13.1. The van der Waals surface area contributed by atoms with Crippen LogP contribution in [-0.4, -0.2) is 47.8 Å². The van der Waals surface area contributed by atoms with Crippen molar-refractivity contribution in [3.8, 4) is 11.5 Å². The molecule has 1 saturated heterocycles. The Morgan fingerprint density at radius 3 is 2.70 bits per heavy atom. The van der Waals surface area contributed by atoms with Gasteiger partial charge in [0, 0.05) is 24.0 Å². The number of likely N-dealkylation sites (tertiary alicyclic amines) is 1. The SMILES string of the molecule is COc1ccc(C(c2ccncc2C)N2CCCCC2C(=O)O)c(OC)c1. The lowest BCUT2D eigenvalue weighted by Gasteiger charge is -2.40. The molecule has 2 unspecified atom stereocenters. The Hall–Kier alpha value is -2.60. The van der Waals surface area contributed by atoms with Crippen molar-refractivity contribution < 1.29 is 19.4 Å². The van der Waals surface area contributed by atoms with Gasteiger partial charge in [-0.15, -0.1) is 0 Å². The second-order valence-corrected chi connectivity index (χ2v) is 6.83. The van der Waals surface area contributed by atoms with Crippen molar-refractivity contribution in [2.24, 2.45) is 0 Å². The van der Waals surface area contributed by atoms with E-state index in [4.69, 9.17) is 9.47 Å². The summed E-state index contributed by atoms with van der Waals surface area (Å²) in [5, 5.41) is 9.82. The summed E-state index contributed by atoms with van der Waals surface area (Å²) in [6.07, 6.45) is 6.12. The number of aryl methyl sites for hydroxylation is 1. The number of ether oxygens (including phenoxy) is 2. The van der Waals surface area contributed by atoms with E-state index < -0.39 is 12.0 Å². The molecule has 0 amide bonds. The van der Waals surface area contributed by atoms with E-state index in [9.17, 15) is 9.90 Å². The molecular formula is C21H26N2O4. The summed E-state index contributed by atoms with van der Waals surface area (Å²) in [6, 6.07) is 6.92. The van der Waals surface area contributed by atoms with Crippen LogP contribution in [0.4, 0.5) is 0 Å². The largest absolute Gasteiger partial charge is 0.497 e. The number of rotatable bonds is 6. The van der Waals surface area contributed by atoms with Gasteiger partial charge in [0.15, 0.2) is 0 Å². The molecule has 6 heteroatoms. The fraction of sp³-hybridized carbons (Fsp3) is 0.429. The lowest BCUT2D eigenvalue weighted by molar-refractivity contribution is -0.145. The quantitative estimate of drug-likeness (QED) is 0.840. The second-order valence-electron chi connectivity index (χ2n) is 6.83. The normalized spacial score (nSPS) is 18.7. The first kappa shape index (κ1) is 19.2. The van der Waals surface area contributed by atoms with Gasteiger partial charge in [0.1, 0.15) is 17.5 Å². The molecule has 0 radical (unpaired) electrons. The number of carboxylic acid groups (broad SMARTS) is 1. The Labute approximate surface area is 159 Å². The van der Waals surface area contributed by atoms with E-state index in [0.29, 0.717) is 17.9 Å². The number of aliphatic carboxylic acids is 1. The Bertz CT molecular complexity index is 809. The Morgan fingerprint density at radius 1 is 1.22 bits per heavy atom. The van der Waals surface area contributed by atoms with E-state index in [1.54, 1.807) is 20.4 Å². The summed E-state index contributed by atoms with van der Waals surface area (Å²) in [7, 11) is 3.24. The molecule has 1 N–H and O–H groups in total. The molecule has 6 nitrogen and oxygen atoms in total. The van der Waals surface area contributed by atoms with E-state index in [0.717, 1.165) is 36.1 Å². The van der Waals surface area contributed by atoms with Crippen LogP contribution in [0.15, 0.2) is 36.7 Å². The first-order valence-electron chi connectivity index (χ1n) is 9.17. The summed E-state index contributed by atoms with van der Waals surface area (Å²) in [5.41, 5.74) is 3.00. The first-order valence-corrected chi connectivity index (χ1v) is 9.17. The maximum atomic E-state index is 12.0. The van der Waals surface area contributed by atoms with Crippen molar-refractivity contribution in [1.29, 1.82) is 0 Å². The van der Waals surface area contributed by atoms with Crippen LogP contribution in [-0.2, 0) is 4.79 Å². The van der Waals surface area contributed by atoms with Crippen molar-refractivity contribution in [2.75, 3.05) is 20.8 Å². The van der Waals surface area contributed by atoms with E-state index in [2.05, 4.69) is 9.88 Å². The molecule has 144 valence electrons. The number of methoxy groups -OCH3 is 2. The fourth-order valence-electron chi connectivity index (χ4n) is 3.89. The van der Waals surface area contributed by atoms with Gasteiger partial charge in [0.2, 0.25) is 0 Å². The Morgan fingerprint density at radius 2 is 2.04 bits per heavy atom. The number of pyridine rings is 1. The highest BCUT2D eigenvalue weighted by molar-refractivity contribution is 5.74. The van der Waals surface area contributed by atoms with E-state index in [-0.39, 0.29) is 6.04 Å². The van der Waals surface area contributed by atoms with Crippen LogP contribution in [0.1, 0.15) is 42.0 Å². The standard InChI is InChI=1S/C21H26N2O4/c1-14-13-22-10-9-16(14)20(23-11-5-4-6-18(23)21(24)25)17-8-7-15(26-2)12-19(17)27-3/h7-10,12-13,18,20H,4-6,11H2,1-3H3,(H,24,25). The zero-order chi connectivity index (χ0) is 19.4. The van der Waals surface area contributed by atoms with Gasteiger partial charge in [-0.3, -0.25) is 14.7 Å². The zero-order valence-electron chi connectivity index (χ0n) is 16.0. The van der Waals surface area contributed by atoms with Crippen LogP contribution in [0.3, 0.4) is 0 Å². The highest BCUT2D eigenvalue weighted by Gasteiger charge is 2.36. The molecule has 27 heavy (non-hydrogen) atoms. The van der Waals surface area contributed by atoms with Gasteiger partial charge in [-0.05, 0) is 55.6 Å². The van der Waals surface area contributed by atoms with Crippen LogP contribution in [0, 0.1) is 6.92 Å². The van der Waals surface area contributed by atoms with Gasteiger partial charge in [0.05, 0.1) is 20.3 Å². The zero-order valence-corrected chi connectivity index (χ0v) is 16.0. The van der Waals surface area contributed by atoms with Gasteiger partial charge < -0.3 is 14.6 Å². The molecule has 1 aromatic carbocycles.